The first kappa shape index (κ1) is 46.5. The Morgan fingerprint density at radius 1 is 0.372 bits per heavy atom. The van der Waals surface area contributed by atoms with Gasteiger partial charge in [0.1, 0.15) is 0 Å². The quantitative estimate of drug-likeness (QED) is 0.151. The van der Waals surface area contributed by atoms with Crippen LogP contribution in [0.2, 0.25) is 0 Å². The molecular weight excluding hydrogens is 969 g/mol. The van der Waals surface area contributed by atoms with E-state index in [1.165, 1.54) is 59.1 Å². The van der Waals surface area contributed by atoms with Gasteiger partial charge in [-0.3, -0.25) is 0 Å². The van der Waals surface area contributed by atoms with Gasteiger partial charge in [0.15, 0.2) is 34.9 Å². The fourth-order valence-electron chi connectivity index (χ4n) is 14.1. The summed E-state index contributed by atoms with van der Waals surface area (Å²) < 4.78 is 2.31. The molecule has 12 aromatic rings. The first-order valence-corrected chi connectivity index (χ1v) is 28.3. The summed E-state index contributed by atoms with van der Waals surface area (Å²) in [6, 6.07) is 78.0. The van der Waals surface area contributed by atoms with E-state index in [0.717, 1.165) is 70.6 Å². The molecule has 9 aromatic carbocycles. The number of hydrogen-bond acceptors (Lipinski definition) is 7. The summed E-state index contributed by atoms with van der Waals surface area (Å²) >= 11 is 1.82. The molecular formula is C71H54N6S. The van der Waals surface area contributed by atoms with Gasteiger partial charge < -0.3 is 0 Å². The van der Waals surface area contributed by atoms with Crippen LogP contribution in [0.3, 0.4) is 0 Å². The molecule has 3 aliphatic rings. The molecule has 1 spiro atoms. The second kappa shape index (κ2) is 18.7. The lowest BCUT2D eigenvalue weighted by Crippen LogP contribution is -2.49. The first-order chi connectivity index (χ1) is 38.4. The second-order valence-corrected chi connectivity index (χ2v) is 23.0. The normalized spacial score (nSPS) is 19.3. The lowest BCUT2D eigenvalue weighted by molar-refractivity contribution is 0.0426. The molecule has 0 amide bonds. The minimum atomic E-state index is -0.155. The molecule has 5 atom stereocenters. The first-order valence-electron chi connectivity index (χ1n) is 27.5. The molecule has 5 unspecified atom stereocenters. The van der Waals surface area contributed by atoms with Crippen molar-refractivity contribution < 1.29 is 0 Å². The molecule has 0 radical (unpaired) electrons. The molecule has 2 saturated carbocycles. The number of benzene rings is 9. The van der Waals surface area contributed by atoms with E-state index in [1.54, 1.807) is 0 Å². The molecule has 2 fully saturated rings. The topological polar surface area (TPSA) is 77.3 Å². The van der Waals surface area contributed by atoms with Crippen LogP contribution < -0.4 is 0 Å². The standard InChI is InChI=1S/C71H54N6S/c1-43-37-45-39-44(2)71(53(38-43)40-45)59-41-51(46-19-8-3-9-20-46)31-33-54(59)55-34-32-52(42-60(55)71)62-58(70-76-67(49-25-14-6-15-26-49)73-68(77-70)50-27-16-7-17-28-50)36-35-56-63-57(29-18-30-61(63)78-64(56)62)69-74-65(47-21-10-4-11-22-47)72-66(75-69)48-23-12-5-13-24-48/h3-36,41-45,53H,37-40H2,1-2H3. The van der Waals surface area contributed by atoms with Gasteiger partial charge in [-0.2, -0.15) is 0 Å². The fourth-order valence-corrected chi connectivity index (χ4v) is 15.4. The molecule has 7 heteroatoms. The minimum absolute atomic E-state index is 0.155. The molecule has 0 N–H and O–H groups in total. The zero-order valence-electron chi connectivity index (χ0n) is 43.5. The molecule has 3 aliphatic carbocycles. The molecule has 374 valence electrons. The highest BCUT2D eigenvalue weighted by Crippen LogP contribution is 2.65. The van der Waals surface area contributed by atoms with Crippen LogP contribution >= 0.6 is 11.3 Å². The summed E-state index contributed by atoms with van der Waals surface area (Å²) in [6.45, 7) is 5.08. The molecule has 0 aliphatic heterocycles. The van der Waals surface area contributed by atoms with Crippen LogP contribution in [0.5, 0.6) is 0 Å². The number of hydrogen-bond donors (Lipinski definition) is 0. The molecule has 15 rings (SSSR count). The van der Waals surface area contributed by atoms with Crippen molar-refractivity contribution in [1.29, 1.82) is 0 Å². The Hall–Kier alpha value is -8.78. The summed E-state index contributed by atoms with van der Waals surface area (Å²) in [5.74, 6) is 6.21. The van der Waals surface area contributed by atoms with Gasteiger partial charge in [0.05, 0.1) is 0 Å². The SMILES string of the molecule is CC1CC2CC(C)C3(c4cc(-c5ccccc5)ccc4-c4ccc(-c5c(-c6nc(-c7ccccc7)nc(-c7ccccc7)n6)ccc6c5sc5cccc(-c7nc(-c8ccccc8)nc(-c8ccccc8)n7)c56)cc43)C(C1)C2. The van der Waals surface area contributed by atoms with Gasteiger partial charge in [-0.25, -0.2) is 29.9 Å². The number of rotatable bonds is 8. The Morgan fingerprint density at radius 3 is 1.37 bits per heavy atom. The molecule has 3 heterocycles. The molecule has 6 nitrogen and oxygen atoms in total. The van der Waals surface area contributed by atoms with Crippen LogP contribution in [0, 0.1) is 23.7 Å². The number of aromatic nitrogens is 6. The van der Waals surface area contributed by atoms with Crippen molar-refractivity contribution in [2.24, 2.45) is 23.7 Å². The molecule has 0 saturated heterocycles. The Labute approximate surface area is 458 Å². The lowest BCUT2D eigenvalue weighted by atomic mass is 9.49. The number of fused-ring (bicyclic) bond motifs is 11. The summed E-state index contributed by atoms with van der Waals surface area (Å²) in [7, 11) is 0. The largest absolute Gasteiger partial charge is 0.208 e. The number of nitrogens with zero attached hydrogens (tertiary/aromatic N) is 6. The van der Waals surface area contributed by atoms with E-state index >= 15 is 0 Å². The third kappa shape index (κ3) is 7.66. The maximum atomic E-state index is 5.43. The van der Waals surface area contributed by atoms with Crippen LogP contribution in [0.15, 0.2) is 218 Å². The smallest absolute Gasteiger partial charge is 0.164 e. The third-order valence-corrected chi connectivity index (χ3v) is 18.5. The zero-order chi connectivity index (χ0) is 51.9. The predicted molar refractivity (Wildman–Crippen MR) is 320 cm³/mol. The Bertz CT molecular complexity index is 4140. The van der Waals surface area contributed by atoms with Crippen molar-refractivity contribution in [2.45, 2.75) is 44.9 Å². The van der Waals surface area contributed by atoms with Crippen molar-refractivity contribution in [3.8, 4) is 102 Å². The maximum absolute atomic E-state index is 5.43. The highest BCUT2D eigenvalue weighted by Gasteiger charge is 2.56. The van der Waals surface area contributed by atoms with E-state index in [9.17, 15) is 0 Å². The van der Waals surface area contributed by atoms with E-state index in [1.807, 2.05) is 84.1 Å². The van der Waals surface area contributed by atoms with Crippen molar-refractivity contribution in [3.63, 3.8) is 0 Å². The van der Waals surface area contributed by atoms with Gasteiger partial charge in [0.2, 0.25) is 0 Å². The summed E-state index contributed by atoms with van der Waals surface area (Å²) in [6.07, 6.45) is 5.04. The zero-order valence-corrected chi connectivity index (χ0v) is 44.3. The predicted octanol–water partition coefficient (Wildman–Crippen LogP) is 18.1. The average molecular weight is 1020 g/mol. The Balaban J connectivity index is 1.00. The second-order valence-electron chi connectivity index (χ2n) is 22.0. The van der Waals surface area contributed by atoms with E-state index in [-0.39, 0.29) is 5.41 Å². The van der Waals surface area contributed by atoms with Crippen molar-refractivity contribution >= 4 is 31.5 Å². The Morgan fingerprint density at radius 2 is 0.833 bits per heavy atom. The van der Waals surface area contributed by atoms with Gasteiger partial charge in [0.25, 0.3) is 0 Å². The van der Waals surface area contributed by atoms with Crippen LogP contribution in [0.25, 0.3) is 122 Å². The average Bonchev–Trinajstić information content (AvgIpc) is 3.96. The summed E-state index contributed by atoms with van der Waals surface area (Å²) in [4.78, 5) is 31.7. The van der Waals surface area contributed by atoms with Gasteiger partial charge >= 0.3 is 0 Å². The monoisotopic (exact) mass is 1020 g/mol. The third-order valence-electron chi connectivity index (χ3n) is 17.3. The minimum Gasteiger partial charge on any atom is -0.208 e. The summed E-state index contributed by atoms with van der Waals surface area (Å²) in [5, 5.41) is 2.25. The molecule has 2 bridgehead atoms. The molecule has 3 aromatic heterocycles. The van der Waals surface area contributed by atoms with Gasteiger partial charge in [-0.1, -0.05) is 208 Å². The Kier molecular flexibility index (Phi) is 11.2. The maximum Gasteiger partial charge on any atom is 0.164 e. The van der Waals surface area contributed by atoms with E-state index in [4.69, 9.17) is 29.9 Å². The van der Waals surface area contributed by atoms with Crippen LogP contribution in [0.1, 0.15) is 50.7 Å². The number of thiophene rings is 1. The van der Waals surface area contributed by atoms with Gasteiger partial charge in [-0.05, 0) is 113 Å². The highest BCUT2D eigenvalue weighted by atomic mass is 32.1. The summed E-state index contributed by atoms with van der Waals surface area (Å²) in [5.41, 5.74) is 16.1. The van der Waals surface area contributed by atoms with Crippen LogP contribution in [-0.4, -0.2) is 29.9 Å². The van der Waals surface area contributed by atoms with Gasteiger partial charge in [-0.15, -0.1) is 11.3 Å². The molecule has 78 heavy (non-hydrogen) atoms. The lowest BCUT2D eigenvalue weighted by Gasteiger charge is -2.54. The van der Waals surface area contributed by atoms with E-state index in [0.29, 0.717) is 52.7 Å². The van der Waals surface area contributed by atoms with Crippen molar-refractivity contribution in [1.82, 2.24) is 29.9 Å². The van der Waals surface area contributed by atoms with Crippen LogP contribution in [-0.2, 0) is 5.41 Å². The van der Waals surface area contributed by atoms with Gasteiger partial charge in [0, 0.05) is 64.5 Å². The highest BCUT2D eigenvalue weighted by molar-refractivity contribution is 7.26. The van der Waals surface area contributed by atoms with E-state index < -0.39 is 0 Å². The fraction of sp³-hybridized carbons (Fsp3) is 0.155. The van der Waals surface area contributed by atoms with Crippen molar-refractivity contribution in [2.75, 3.05) is 0 Å². The van der Waals surface area contributed by atoms with E-state index in [2.05, 4.69) is 159 Å². The van der Waals surface area contributed by atoms with Crippen LogP contribution in [0.4, 0.5) is 0 Å². The van der Waals surface area contributed by atoms with Crippen molar-refractivity contribution in [3.05, 3.63) is 230 Å².